The molecular formula is C22H18N2O2S2. The Bertz CT molecular complexity index is 1050. The molecule has 3 aromatic rings. The summed E-state index contributed by atoms with van der Waals surface area (Å²) in [6.07, 6.45) is 0. The third-order valence-electron chi connectivity index (χ3n) is 5.21. The lowest BCUT2D eigenvalue weighted by Gasteiger charge is -2.48. The first-order valence-corrected chi connectivity index (χ1v) is 11.4. The lowest BCUT2D eigenvalue weighted by atomic mass is 10.0. The van der Waals surface area contributed by atoms with Crippen molar-refractivity contribution in [2.24, 2.45) is 0 Å². The highest BCUT2D eigenvalue weighted by Gasteiger charge is 2.51. The van der Waals surface area contributed by atoms with Crippen molar-refractivity contribution in [2.75, 3.05) is 0 Å². The molecule has 28 heavy (non-hydrogen) atoms. The van der Waals surface area contributed by atoms with Crippen molar-refractivity contribution in [3.63, 3.8) is 0 Å². The van der Waals surface area contributed by atoms with E-state index in [4.69, 9.17) is 0 Å². The molecule has 0 unspecified atom stereocenters. The summed E-state index contributed by atoms with van der Waals surface area (Å²) in [5, 5.41) is 1.35. The van der Waals surface area contributed by atoms with Crippen LogP contribution in [0.5, 0.6) is 0 Å². The van der Waals surface area contributed by atoms with E-state index in [2.05, 4.69) is 18.2 Å². The molecule has 3 fully saturated rings. The SMILES string of the molecule is O=C1[C@@H]2SS[C@@H](C(=O)N2Cc2cccc3ccccc23)N1Cc1ccccc1. The number of fused-ring (bicyclic) bond motifs is 4. The molecule has 3 heterocycles. The fourth-order valence-corrected chi connectivity index (χ4v) is 6.75. The number of hydrogen-bond acceptors (Lipinski definition) is 4. The van der Waals surface area contributed by atoms with Crippen molar-refractivity contribution < 1.29 is 9.59 Å². The minimum Gasteiger partial charge on any atom is -0.314 e. The maximum atomic E-state index is 13.2. The van der Waals surface area contributed by atoms with E-state index in [0.717, 1.165) is 21.9 Å². The second-order valence-electron chi connectivity index (χ2n) is 6.95. The van der Waals surface area contributed by atoms with Crippen LogP contribution in [-0.2, 0) is 22.7 Å². The summed E-state index contributed by atoms with van der Waals surface area (Å²) in [6.45, 7) is 0.933. The highest BCUT2D eigenvalue weighted by molar-refractivity contribution is 8.77. The van der Waals surface area contributed by atoms with Gasteiger partial charge in [-0.2, -0.15) is 0 Å². The molecule has 0 spiro atoms. The Morgan fingerprint density at radius 3 is 2.04 bits per heavy atom. The highest BCUT2D eigenvalue weighted by Crippen LogP contribution is 2.47. The number of rotatable bonds is 4. The van der Waals surface area contributed by atoms with Gasteiger partial charge in [0.25, 0.3) is 11.8 Å². The molecule has 6 rings (SSSR count). The van der Waals surface area contributed by atoms with Gasteiger partial charge in [0.1, 0.15) is 0 Å². The Balaban J connectivity index is 1.42. The lowest BCUT2D eigenvalue weighted by Crippen LogP contribution is -2.64. The number of amides is 2. The van der Waals surface area contributed by atoms with E-state index in [-0.39, 0.29) is 11.8 Å². The monoisotopic (exact) mass is 406 g/mol. The number of benzene rings is 3. The number of nitrogens with zero attached hydrogens (tertiary/aromatic N) is 2. The van der Waals surface area contributed by atoms with Crippen LogP contribution in [-0.4, -0.2) is 32.4 Å². The zero-order valence-electron chi connectivity index (χ0n) is 15.0. The van der Waals surface area contributed by atoms with Gasteiger partial charge in [0.15, 0.2) is 10.7 Å². The Kier molecular flexibility index (Phi) is 4.53. The maximum Gasteiger partial charge on any atom is 0.258 e. The standard InChI is InChI=1S/C22H18N2O2S2/c25-19-22-24(14-17-11-6-10-16-9-4-5-12-18(16)17)20(26)21(27-28-22)23(19)13-15-7-2-1-3-8-15/h1-12,21-22H,13-14H2/t21-,22-/m0/s1. The van der Waals surface area contributed by atoms with Crippen LogP contribution < -0.4 is 0 Å². The van der Waals surface area contributed by atoms with Gasteiger partial charge in [-0.3, -0.25) is 9.59 Å². The quantitative estimate of drug-likeness (QED) is 0.607. The smallest absolute Gasteiger partial charge is 0.258 e. The second kappa shape index (κ2) is 7.18. The van der Waals surface area contributed by atoms with Gasteiger partial charge in [-0.15, -0.1) is 0 Å². The van der Waals surface area contributed by atoms with Crippen LogP contribution in [0.4, 0.5) is 0 Å². The van der Waals surface area contributed by atoms with Crippen LogP contribution in [0.25, 0.3) is 10.8 Å². The molecule has 0 aromatic heterocycles. The second-order valence-corrected chi connectivity index (χ2v) is 9.39. The third kappa shape index (κ3) is 2.97. The Morgan fingerprint density at radius 1 is 0.679 bits per heavy atom. The average molecular weight is 407 g/mol. The Labute approximate surface area is 171 Å². The average Bonchev–Trinajstić information content (AvgIpc) is 2.73. The molecular weight excluding hydrogens is 388 g/mol. The van der Waals surface area contributed by atoms with Gasteiger partial charge in [-0.05, 0) is 21.9 Å². The van der Waals surface area contributed by atoms with Crippen LogP contribution in [0.3, 0.4) is 0 Å². The molecule has 2 bridgehead atoms. The van der Waals surface area contributed by atoms with Gasteiger partial charge in [0.2, 0.25) is 0 Å². The molecule has 140 valence electrons. The first-order chi connectivity index (χ1) is 13.7. The molecule has 0 N–H and O–H groups in total. The van der Waals surface area contributed by atoms with Crippen molar-refractivity contribution in [2.45, 2.75) is 23.8 Å². The van der Waals surface area contributed by atoms with Gasteiger partial charge in [-0.1, -0.05) is 94.4 Å². The lowest BCUT2D eigenvalue weighted by molar-refractivity contribution is -0.155. The van der Waals surface area contributed by atoms with E-state index in [1.807, 2.05) is 54.6 Å². The summed E-state index contributed by atoms with van der Waals surface area (Å²) in [5.41, 5.74) is 2.12. The van der Waals surface area contributed by atoms with E-state index in [9.17, 15) is 9.59 Å². The van der Waals surface area contributed by atoms with E-state index in [0.29, 0.717) is 13.1 Å². The number of carbonyl (C=O) groups is 2. The molecule has 0 aliphatic carbocycles. The molecule has 3 aliphatic heterocycles. The fraction of sp³-hybridized carbons (Fsp3) is 0.182. The zero-order chi connectivity index (χ0) is 19.1. The summed E-state index contributed by atoms with van der Waals surface area (Å²) < 4.78 is 0. The number of hydrogen-bond donors (Lipinski definition) is 0. The molecule has 3 aliphatic rings. The largest absolute Gasteiger partial charge is 0.314 e. The van der Waals surface area contributed by atoms with Crippen LogP contribution in [0.15, 0.2) is 72.8 Å². The molecule has 3 aromatic carbocycles. The van der Waals surface area contributed by atoms with Gasteiger partial charge in [0, 0.05) is 13.1 Å². The van der Waals surface area contributed by atoms with E-state index in [1.54, 1.807) is 9.80 Å². The van der Waals surface area contributed by atoms with E-state index in [1.165, 1.54) is 21.6 Å². The van der Waals surface area contributed by atoms with Crippen molar-refractivity contribution in [1.29, 1.82) is 0 Å². The minimum atomic E-state index is -0.467. The summed E-state index contributed by atoms with van der Waals surface area (Å²) in [4.78, 5) is 29.7. The maximum absolute atomic E-state index is 13.2. The topological polar surface area (TPSA) is 40.6 Å². The van der Waals surface area contributed by atoms with Gasteiger partial charge in [-0.25, -0.2) is 0 Å². The van der Waals surface area contributed by atoms with Crippen LogP contribution in [0.1, 0.15) is 11.1 Å². The Hall–Kier alpha value is -2.44. The summed E-state index contributed by atoms with van der Waals surface area (Å²) >= 11 is 0. The molecule has 0 radical (unpaired) electrons. The first-order valence-electron chi connectivity index (χ1n) is 9.16. The van der Waals surface area contributed by atoms with Gasteiger partial charge >= 0.3 is 0 Å². The summed E-state index contributed by atoms with van der Waals surface area (Å²) in [5.74, 6) is 0.0506. The van der Waals surface area contributed by atoms with Crippen molar-refractivity contribution in [1.82, 2.24) is 9.80 Å². The summed E-state index contributed by atoms with van der Waals surface area (Å²) in [7, 11) is 3.00. The van der Waals surface area contributed by atoms with Crippen molar-refractivity contribution >= 4 is 44.2 Å². The number of piperazine rings is 1. The molecule has 0 saturated carbocycles. The first kappa shape index (κ1) is 17.6. The molecule has 4 nitrogen and oxygen atoms in total. The molecule has 2 amide bonds. The number of carbonyl (C=O) groups excluding carboxylic acids is 2. The van der Waals surface area contributed by atoms with Crippen molar-refractivity contribution in [3.05, 3.63) is 83.9 Å². The van der Waals surface area contributed by atoms with E-state index >= 15 is 0 Å². The normalized spacial score (nSPS) is 21.6. The van der Waals surface area contributed by atoms with Crippen molar-refractivity contribution in [3.8, 4) is 0 Å². The zero-order valence-corrected chi connectivity index (χ0v) is 16.7. The molecule has 3 saturated heterocycles. The Morgan fingerprint density at radius 2 is 1.29 bits per heavy atom. The van der Waals surface area contributed by atoms with E-state index < -0.39 is 10.7 Å². The highest BCUT2D eigenvalue weighted by atomic mass is 33.1. The fourth-order valence-electron chi connectivity index (χ4n) is 3.79. The molecule has 2 atom stereocenters. The van der Waals surface area contributed by atoms with Crippen LogP contribution in [0.2, 0.25) is 0 Å². The third-order valence-corrected chi connectivity index (χ3v) is 8.02. The minimum absolute atomic E-state index is 0.0252. The predicted octanol–water partition coefficient (Wildman–Crippen LogP) is 4.26. The summed E-state index contributed by atoms with van der Waals surface area (Å²) in [6, 6.07) is 24.1. The van der Waals surface area contributed by atoms with Gasteiger partial charge < -0.3 is 9.80 Å². The molecule has 6 heteroatoms. The predicted molar refractivity (Wildman–Crippen MR) is 114 cm³/mol. The van der Waals surface area contributed by atoms with Crippen LogP contribution in [0, 0.1) is 0 Å². The van der Waals surface area contributed by atoms with Gasteiger partial charge in [0.05, 0.1) is 0 Å². The van der Waals surface area contributed by atoms with Crippen LogP contribution >= 0.6 is 21.6 Å².